The van der Waals surface area contributed by atoms with Gasteiger partial charge in [0.25, 0.3) is 0 Å². The maximum absolute atomic E-state index is 13.7. The van der Waals surface area contributed by atoms with Gasteiger partial charge in [-0.05, 0) is 24.6 Å². The average Bonchev–Trinajstić information content (AvgIpc) is 2.45. The Morgan fingerprint density at radius 2 is 1.81 bits per heavy atom. The molecule has 21 heavy (non-hydrogen) atoms. The molecular formula is C16H15F3O2. The summed E-state index contributed by atoms with van der Waals surface area (Å²) in [5, 5.41) is 10.1. The van der Waals surface area contributed by atoms with E-state index in [1.165, 1.54) is 7.11 Å². The zero-order valence-corrected chi connectivity index (χ0v) is 11.7. The number of rotatable bonds is 4. The number of hydrogen-bond donors (Lipinski definition) is 1. The smallest absolute Gasteiger partial charge is 0.194 e. The maximum atomic E-state index is 13.7. The predicted octanol–water partition coefficient (Wildman–Crippen LogP) is 3.70. The minimum atomic E-state index is -1.58. The Bertz CT molecular complexity index is 656. The molecule has 2 aromatic rings. The van der Waals surface area contributed by atoms with E-state index in [1.54, 1.807) is 12.1 Å². The lowest BCUT2D eigenvalue weighted by molar-refractivity contribution is 0.170. The Morgan fingerprint density at radius 3 is 2.48 bits per heavy atom. The third kappa shape index (κ3) is 3.19. The normalized spacial score (nSPS) is 12.3. The minimum absolute atomic E-state index is 0.0346. The van der Waals surface area contributed by atoms with Gasteiger partial charge in [-0.3, -0.25) is 0 Å². The lowest BCUT2D eigenvalue weighted by Gasteiger charge is -2.15. The average molecular weight is 296 g/mol. The SMILES string of the molecule is COc1ccc(C)cc1CC(O)c1ccc(F)c(F)c1F. The van der Waals surface area contributed by atoms with Gasteiger partial charge >= 0.3 is 0 Å². The largest absolute Gasteiger partial charge is 0.496 e. The first-order valence-electron chi connectivity index (χ1n) is 6.39. The molecule has 0 amide bonds. The van der Waals surface area contributed by atoms with Crippen LogP contribution in [0, 0.1) is 24.4 Å². The molecule has 0 bridgehead atoms. The van der Waals surface area contributed by atoms with Crippen LogP contribution in [0.5, 0.6) is 5.75 Å². The summed E-state index contributed by atoms with van der Waals surface area (Å²) in [6, 6.07) is 7.21. The van der Waals surface area contributed by atoms with Gasteiger partial charge in [-0.25, -0.2) is 13.2 Å². The van der Waals surface area contributed by atoms with E-state index in [4.69, 9.17) is 4.74 Å². The zero-order valence-electron chi connectivity index (χ0n) is 11.7. The molecule has 0 aliphatic rings. The molecule has 1 atom stereocenters. The van der Waals surface area contributed by atoms with Crippen LogP contribution >= 0.6 is 0 Å². The van der Waals surface area contributed by atoms with Crippen LogP contribution in [-0.4, -0.2) is 12.2 Å². The molecule has 0 spiro atoms. The summed E-state index contributed by atoms with van der Waals surface area (Å²) in [4.78, 5) is 0. The number of methoxy groups -OCH3 is 1. The summed E-state index contributed by atoms with van der Waals surface area (Å²) in [7, 11) is 1.48. The second-order valence-electron chi connectivity index (χ2n) is 4.80. The van der Waals surface area contributed by atoms with Crippen LogP contribution in [0.4, 0.5) is 13.2 Å². The molecule has 112 valence electrons. The van der Waals surface area contributed by atoms with Crippen molar-refractivity contribution in [2.75, 3.05) is 7.11 Å². The van der Waals surface area contributed by atoms with Crippen LogP contribution < -0.4 is 4.74 Å². The highest BCUT2D eigenvalue weighted by atomic mass is 19.2. The molecule has 1 unspecified atom stereocenters. The molecule has 0 aliphatic carbocycles. The first-order chi connectivity index (χ1) is 9.93. The van der Waals surface area contributed by atoms with Crippen molar-refractivity contribution >= 4 is 0 Å². The molecule has 0 heterocycles. The molecule has 0 saturated heterocycles. The number of halogens is 3. The van der Waals surface area contributed by atoms with Crippen molar-refractivity contribution in [3.63, 3.8) is 0 Å². The fourth-order valence-electron chi connectivity index (χ4n) is 2.18. The van der Waals surface area contributed by atoms with E-state index in [-0.39, 0.29) is 12.0 Å². The van der Waals surface area contributed by atoms with Gasteiger partial charge in [0.15, 0.2) is 17.5 Å². The second kappa shape index (κ2) is 6.18. The summed E-state index contributed by atoms with van der Waals surface area (Å²) in [5.74, 6) is -3.68. The number of aliphatic hydroxyl groups is 1. The van der Waals surface area contributed by atoms with E-state index < -0.39 is 23.6 Å². The first-order valence-corrected chi connectivity index (χ1v) is 6.39. The highest BCUT2D eigenvalue weighted by molar-refractivity contribution is 5.38. The standard InChI is InChI=1S/C16H15F3O2/c1-9-3-6-14(21-2)10(7-9)8-13(20)11-4-5-12(17)16(19)15(11)18/h3-7,13,20H,8H2,1-2H3. The molecule has 1 N–H and O–H groups in total. The van der Waals surface area contributed by atoms with E-state index in [1.807, 2.05) is 13.0 Å². The van der Waals surface area contributed by atoms with Crippen molar-refractivity contribution in [1.82, 2.24) is 0 Å². The zero-order chi connectivity index (χ0) is 15.6. The van der Waals surface area contributed by atoms with Crippen molar-refractivity contribution in [3.8, 4) is 5.75 Å². The lowest BCUT2D eigenvalue weighted by atomic mass is 9.99. The number of hydrogen-bond acceptors (Lipinski definition) is 2. The predicted molar refractivity (Wildman–Crippen MR) is 72.7 cm³/mol. The fourth-order valence-corrected chi connectivity index (χ4v) is 2.18. The Kier molecular flexibility index (Phi) is 4.53. The third-order valence-corrected chi connectivity index (χ3v) is 3.27. The van der Waals surface area contributed by atoms with Crippen LogP contribution in [0.15, 0.2) is 30.3 Å². The summed E-state index contributed by atoms with van der Waals surface area (Å²) in [5.41, 5.74) is 1.33. The van der Waals surface area contributed by atoms with E-state index >= 15 is 0 Å². The Balaban J connectivity index is 2.32. The monoisotopic (exact) mass is 296 g/mol. The molecule has 0 fully saturated rings. The molecule has 0 radical (unpaired) electrons. The van der Waals surface area contributed by atoms with Crippen molar-refractivity contribution in [3.05, 3.63) is 64.5 Å². The number of aliphatic hydroxyl groups excluding tert-OH is 1. The summed E-state index contributed by atoms with van der Waals surface area (Å²) >= 11 is 0. The fraction of sp³-hybridized carbons (Fsp3) is 0.250. The molecule has 2 rings (SSSR count). The van der Waals surface area contributed by atoms with Gasteiger partial charge in [0.2, 0.25) is 0 Å². The van der Waals surface area contributed by atoms with Crippen LogP contribution in [0.3, 0.4) is 0 Å². The van der Waals surface area contributed by atoms with Crippen molar-refractivity contribution in [2.24, 2.45) is 0 Å². The van der Waals surface area contributed by atoms with E-state index in [0.717, 1.165) is 17.7 Å². The molecule has 0 aromatic heterocycles. The minimum Gasteiger partial charge on any atom is -0.496 e. The van der Waals surface area contributed by atoms with E-state index in [0.29, 0.717) is 11.3 Å². The highest BCUT2D eigenvalue weighted by Gasteiger charge is 2.20. The van der Waals surface area contributed by atoms with Gasteiger partial charge in [0, 0.05) is 12.0 Å². The Labute approximate surface area is 120 Å². The van der Waals surface area contributed by atoms with Crippen molar-refractivity contribution in [1.29, 1.82) is 0 Å². The van der Waals surface area contributed by atoms with Gasteiger partial charge in [0.05, 0.1) is 13.2 Å². The molecular weight excluding hydrogens is 281 g/mol. The summed E-state index contributed by atoms with van der Waals surface area (Å²) in [6.07, 6.45) is -1.26. The van der Waals surface area contributed by atoms with Gasteiger partial charge in [-0.15, -0.1) is 0 Å². The second-order valence-corrected chi connectivity index (χ2v) is 4.80. The molecule has 0 aliphatic heterocycles. The van der Waals surface area contributed by atoms with Crippen molar-refractivity contribution < 1.29 is 23.0 Å². The number of aryl methyl sites for hydroxylation is 1. The molecule has 5 heteroatoms. The number of ether oxygens (including phenoxy) is 1. The summed E-state index contributed by atoms with van der Waals surface area (Å²) in [6.45, 7) is 1.87. The Morgan fingerprint density at radius 1 is 1.10 bits per heavy atom. The van der Waals surface area contributed by atoms with E-state index in [9.17, 15) is 18.3 Å². The van der Waals surface area contributed by atoms with Crippen LogP contribution in [0.1, 0.15) is 22.8 Å². The lowest BCUT2D eigenvalue weighted by Crippen LogP contribution is -2.08. The topological polar surface area (TPSA) is 29.5 Å². The van der Waals surface area contributed by atoms with E-state index in [2.05, 4.69) is 0 Å². The summed E-state index contributed by atoms with van der Waals surface area (Å²) < 4.78 is 45.0. The first kappa shape index (κ1) is 15.4. The van der Waals surface area contributed by atoms with Crippen molar-refractivity contribution in [2.45, 2.75) is 19.4 Å². The molecule has 2 nitrogen and oxygen atoms in total. The van der Waals surface area contributed by atoms with Crippen LogP contribution in [0.2, 0.25) is 0 Å². The van der Waals surface area contributed by atoms with Gasteiger partial charge in [0.1, 0.15) is 5.75 Å². The third-order valence-electron chi connectivity index (χ3n) is 3.27. The maximum Gasteiger partial charge on any atom is 0.194 e. The Hall–Kier alpha value is -2.01. The number of benzene rings is 2. The van der Waals surface area contributed by atoms with Gasteiger partial charge in [-0.1, -0.05) is 23.8 Å². The van der Waals surface area contributed by atoms with Gasteiger partial charge in [-0.2, -0.15) is 0 Å². The van der Waals surface area contributed by atoms with Crippen LogP contribution in [-0.2, 0) is 6.42 Å². The quantitative estimate of drug-likeness (QED) is 0.872. The van der Waals surface area contributed by atoms with Gasteiger partial charge < -0.3 is 9.84 Å². The molecule has 0 saturated carbocycles. The highest BCUT2D eigenvalue weighted by Crippen LogP contribution is 2.28. The molecule has 2 aromatic carbocycles. The van der Waals surface area contributed by atoms with Crippen LogP contribution in [0.25, 0.3) is 0 Å².